The number of hydrogen-bond donors (Lipinski definition) is 0. The van der Waals surface area contributed by atoms with E-state index < -0.39 is 9.84 Å². The Hall–Kier alpha value is -0.540. The van der Waals surface area contributed by atoms with Crippen LogP contribution in [0.2, 0.25) is 5.02 Å². The first-order valence-electron chi connectivity index (χ1n) is 4.43. The molecular formula is C10H11ClO2S. The molecule has 0 N–H and O–H groups in total. The van der Waals surface area contributed by atoms with Gasteiger partial charge in [-0.15, -0.1) is 0 Å². The lowest BCUT2D eigenvalue weighted by atomic mass is 10.1. The molecule has 2 atom stereocenters. The Kier molecular flexibility index (Phi) is 2.32. The van der Waals surface area contributed by atoms with Crippen molar-refractivity contribution in [2.45, 2.75) is 17.6 Å². The van der Waals surface area contributed by atoms with E-state index >= 15 is 0 Å². The van der Waals surface area contributed by atoms with E-state index in [-0.39, 0.29) is 11.2 Å². The Morgan fingerprint density at radius 3 is 2.29 bits per heavy atom. The molecule has 0 aliphatic heterocycles. The maximum Gasteiger partial charge on any atom is 0.150 e. The molecule has 1 aromatic carbocycles. The molecule has 2 rings (SSSR count). The Morgan fingerprint density at radius 1 is 1.29 bits per heavy atom. The lowest BCUT2D eigenvalue weighted by molar-refractivity contribution is 0.600. The number of halogens is 1. The van der Waals surface area contributed by atoms with Crippen molar-refractivity contribution < 1.29 is 8.42 Å². The summed E-state index contributed by atoms with van der Waals surface area (Å²) in [5.74, 6) is 0.183. The molecule has 0 saturated heterocycles. The second-order valence-corrected chi connectivity index (χ2v) is 6.46. The minimum Gasteiger partial charge on any atom is -0.229 e. The highest BCUT2D eigenvalue weighted by atomic mass is 35.5. The highest BCUT2D eigenvalue weighted by Crippen LogP contribution is 2.45. The predicted octanol–water partition coefficient (Wildman–Crippen LogP) is 2.24. The molecular weight excluding hydrogens is 220 g/mol. The van der Waals surface area contributed by atoms with Gasteiger partial charge in [0, 0.05) is 17.2 Å². The summed E-state index contributed by atoms with van der Waals surface area (Å²) in [7, 11) is -2.87. The molecule has 0 bridgehead atoms. The summed E-state index contributed by atoms with van der Waals surface area (Å²) in [5.41, 5.74) is 1.07. The zero-order chi connectivity index (χ0) is 10.3. The zero-order valence-corrected chi connectivity index (χ0v) is 9.35. The maximum atomic E-state index is 11.2. The lowest BCUT2D eigenvalue weighted by Gasteiger charge is -1.99. The minimum absolute atomic E-state index is 0.177. The normalized spacial score (nSPS) is 26.1. The molecule has 1 saturated carbocycles. The summed E-state index contributed by atoms with van der Waals surface area (Å²) in [4.78, 5) is 0. The Morgan fingerprint density at radius 2 is 1.86 bits per heavy atom. The van der Waals surface area contributed by atoms with Crippen molar-refractivity contribution >= 4 is 21.4 Å². The van der Waals surface area contributed by atoms with E-state index in [2.05, 4.69) is 0 Å². The van der Waals surface area contributed by atoms with Crippen LogP contribution in [0, 0.1) is 0 Å². The van der Waals surface area contributed by atoms with Gasteiger partial charge in [-0.25, -0.2) is 8.42 Å². The van der Waals surface area contributed by atoms with Gasteiger partial charge in [0.2, 0.25) is 0 Å². The van der Waals surface area contributed by atoms with Gasteiger partial charge in [0.1, 0.15) is 0 Å². The lowest BCUT2D eigenvalue weighted by Crippen LogP contribution is -2.04. The maximum absolute atomic E-state index is 11.2. The van der Waals surface area contributed by atoms with Gasteiger partial charge in [-0.2, -0.15) is 0 Å². The van der Waals surface area contributed by atoms with Crippen LogP contribution < -0.4 is 0 Å². The summed E-state index contributed by atoms with van der Waals surface area (Å²) in [5, 5.41) is 0.508. The highest BCUT2D eigenvalue weighted by Gasteiger charge is 2.45. The summed E-state index contributed by atoms with van der Waals surface area (Å²) in [6, 6.07) is 7.40. The molecule has 1 aliphatic carbocycles. The van der Waals surface area contributed by atoms with Gasteiger partial charge in [-0.1, -0.05) is 23.7 Å². The average Bonchev–Trinajstić information content (AvgIpc) is 2.83. The SMILES string of the molecule is CS(=O)(=O)[C@H]1C[C@H]1c1ccc(Cl)cc1. The first kappa shape index (κ1) is 9.99. The molecule has 14 heavy (non-hydrogen) atoms. The first-order chi connectivity index (χ1) is 6.48. The standard InChI is InChI=1S/C10H11ClO2S/c1-14(12,13)10-6-9(10)7-2-4-8(11)5-3-7/h2-5,9-10H,6H2,1H3/t9-,10-/m0/s1. The number of rotatable bonds is 2. The van der Waals surface area contributed by atoms with Crippen molar-refractivity contribution in [1.29, 1.82) is 0 Å². The average molecular weight is 231 g/mol. The summed E-state index contributed by atoms with van der Waals surface area (Å²) < 4.78 is 22.4. The van der Waals surface area contributed by atoms with Crippen molar-refractivity contribution in [3.8, 4) is 0 Å². The van der Waals surface area contributed by atoms with Crippen molar-refractivity contribution in [1.82, 2.24) is 0 Å². The summed E-state index contributed by atoms with van der Waals surface area (Å²) in [6.45, 7) is 0. The van der Waals surface area contributed by atoms with Gasteiger partial charge in [-0.05, 0) is 24.1 Å². The molecule has 1 aromatic rings. The fraction of sp³-hybridized carbons (Fsp3) is 0.400. The third-order valence-electron chi connectivity index (χ3n) is 2.58. The quantitative estimate of drug-likeness (QED) is 0.781. The fourth-order valence-corrected chi connectivity index (χ4v) is 3.14. The predicted molar refractivity (Wildman–Crippen MR) is 57.4 cm³/mol. The minimum atomic E-state index is -2.87. The van der Waals surface area contributed by atoms with Crippen LogP contribution in [-0.4, -0.2) is 19.9 Å². The summed E-state index contributed by atoms with van der Waals surface area (Å²) >= 11 is 5.74. The molecule has 0 spiro atoms. The van der Waals surface area contributed by atoms with Crippen molar-refractivity contribution in [2.24, 2.45) is 0 Å². The number of benzene rings is 1. The van der Waals surface area contributed by atoms with E-state index in [9.17, 15) is 8.42 Å². The zero-order valence-electron chi connectivity index (χ0n) is 7.77. The monoisotopic (exact) mass is 230 g/mol. The third kappa shape index (κ3) is 1.93. The van der Waals surface area contributed by atoms with Crippen LogP contribution >= 0.6 is 11.6 Å². The van der Waals surface area contributed by atoms with Gasteiger partial charge in [-0.3, -0.25) is 0 Å². The fourth-order valence-electron chi connectivity index (χ4n) is 1.71. The second-order valence-electron chi connectivity index (χ2n) is 3.76. The van der Waals surface area contributed by atoms with E-state index in [1.54, 1.807) is 12.1 Å². The summed E-state index contributed by atoms with van der Waals surface area (Å²) in [6.07, 6.45) is 2.05. The molecule has 0 radical (unpaired) electrons. The number of hydrogen-bond acceptors (Lipinski definition) is 2. The number of sulfone groups is 1. The van der Waals surface area contributed by atoms with E-state index in [0.717, 1.165) is 12.0 Å². The molecule has 0 heterocycles. The van der Waals surface area contributed by atoms with Gasteiger partial charge in [0.25, 0.3) is 0 Å². The van der Waals surface area contributed by atoms with Crippen LogP contribution in [-0.2, 0) is 9.84 Å². The van der Waals surface area contributed by atoms with Crippen LogP contribution in [0.5, 0.6) is 0 Å². The van der Waals surface area contributed by atoms with Crippen LogP contribution in [0.25, 0.3) is 0 Å². The van der Waals surface area contributed by atoms with Crippen molar-refractivity contribution in [3.05, 3.63) is 34.9 Å². The second kappa shape index (κ2) is 3.24. The van der Waals surface area contributed by atoms with Crippen LogP contribution in [0.4, 0.5) is 0 Å². The van der Waals surface area contributed by atoms with E-state index in [1.807, 2.05) is 12.1 Å². The topological polar surface area (TPSA) is 34.1 Å². The van der Waals surface area contributed by atoms with Gasteiger partial charge in [0.15, 0.2) is 9.84 Å². The smallest absolute Gasteiger partial charge is 0.150 e. The van der Waals surface area contributed by atoms with Crippen molar-refractivity contribution in [2.75, 3.05) is 6.26 Å². The molecule has 0 aromatic heterocycles. The molecule has 0 unspecified atom stereocenters. The molecule has 4 heteroatoms. The third-order valence-corrected chi connectivity index (χ3v) is 4.45. The van der Waals surface area contributed by atoms with Crippen molar-refractivity contribution in [3.63, 3.8) is 0 Å². The molecule has 76 valence electrons. The van der Waals surface area contributed by atoms with Crippen LogP contribution in [0.15, 0.2) is 24.3 Å². The molecule has 1 aliphatic rings. The largest absolute Gasteiger partial charge is 0.229 e. The van der Waals surface area contributed by atoms with Crippen LogP contribution in [0.3, 0.4) is 0 Å². The first-order valence-corrected chi connectivity index (χ1v) is 6.76. The van der Waals surface area contributed by atoms with Gasteiger partial charge >= 0.3 is 0 Å². The Bertz CT molecular complexity index is 436. The van der Waals surface area contributed by atoms with E-state index in [4.69, 9.17) is 11.6 Å². The molecule has 0 amide bonds. The van der Waals surface area contributed by atoms with Gasteiger partial charge < -0.3 is 0 Å². The Balaban J connectivity index is 2.18. The van der Waals surface area contributed by atoms with Crippen LogP contribution in [0.1, 0.15) is 17.9 Å². The van der Waals surface area contributed by atoms with E-state index in [0.29, 0.717) is 5.02 Å². The molecule has 2 nitrogen and oxygen atoms in total. The molecule has 1 fully saturated rings. The Labute approximate surface area is 88.8 Å². The highest BCUT2D eigenvalue weighted by molar-refractivity contribution is 7.91. The van der Waals surface area contributed by atoms with E-state index in [1.165, 1.54) is 6.26 Å². The van der Waals surface area contributed by atoms with Gasteiger partial charge in [0.05, 0.1) is 5.25 Å².